The molecular formula is C32H55N5O4S. The summed E-state index contributed by atoms with van der Waals surface area (Å²) in [5.74, 6) is 5.31. The van der Waals surface area contributed by atoms with Gasteiger partial charge in [0, 0.05) is 14.1 Å². The van der Waals surface area contributed by atoms with Crippen LogP contribution >= 0.6 is 0 Å². The molecule has 1 amide bonds. The van der Waals surface area contributed by atoms with Crippen LogP contribution in [0.3, 0.4) is 0 Å². The lowest BCUT2D eigenvalue weighted by atomic mass is 10.1. The molecular weight excluding hydrogens is 550 g/mol. The topological polar surface area (TPSA) is 116 Å². The van der Waals surface area contributed by atoms with E-state index in [2.05, 4.69) is 79.2 Å². The predicted molar refractivity (Wildman–Crippen MR) is 183 cm³/mol. The summed E-state index contributed by atoms with van der Waals surface area (Å²) in [6.07, 6.45) is 17.4. The summed E-state index contributed by atoms with van der Waals surface area (Å²) in [7, 11) is 5.00. The van der Waals surface area contributed by atoms with Crippen molar-refractivity contribution >= 4 is 34.9 Å². The highest BCUT2D eigenvalue weighted by Crippen LogP contribution is 2.27. The normalized spacial score (nSPS) is 12.6. The first kappa shape index (κ1) is 45.2. The smallest absolute Gasteiger partial charge is 0.269 e. The zero-order chi connectivity index (χ0) is 33.7. The first-order valence-electron chi connectivity index (χ1n) is 13.8. The summed E-state index contributed by atoms with van der Waals surface area (Å²) < 4.78 is 25.0. The van der Waals surface area contributed by atoms with E-state index in [0.29, 0.717) is 29.8 Å². The van der Waals surface area contributed by atoms with E-state index >= 15 is 0 Å². The molecule has 1 aliphatic heterocycles. The number of nitrogens with one attached hydrogen (secondary N) is 2. The molecule has 1 atom stereocenters. The first-order chi connectivity index (χ1) is 19.8. The molecule has 0 aromatic heterocycles. The van der Waals surface area contributed by atoms with Crippen LogP contribution in [0.25, 0.3) is 0 Å². The van der Waals surface area contributed by atoms with E-state index in [1.807, 2.05) is 26.0 Å². The lowest BCUT2D eigenvalue weighted by Gasteiger charge is -2.13. The summed E-state index contributed by atoms with van der Waals surface area (Å²) in [5, 5.41) is 16.2. The van der Waals surface area contributed by atoms with Crippen LogP contribution in [0.15, 0.2) is 38.8 Å². The van der Waals surface area contributed by atoms with E-state index in [1.165, 1.54) is 4.90 Å². The van der Waals surface area contributed by atoms with Crippen LogP contribution in [-0.2, 0) is 20.7 Å². The number of amides is 1. The van der Waals surface area contributed by atoms with Gasteiger partial charge < -0.3 is 25.4 Å². The molecule has 3 N–H and O–H groups in total. The van der Waals surface area contributed by atoms with Crippen molar-refractivity contribution in [2.24, 2.45) is 20.6 Å². The third-order valence-electron chi connectivity index (χ3n) is 4.07. The Hall–Kier alpha value is -3.76. The molecule has 0 aliphatic carbocycles. The number of rotatable bonds is 8. The summed E-state index contributed by atoms with van der Waals surface area (Å²) in [4.78, 5) is 10.9. The van der Waals surface area contributed by atoms with E-state index in [0.717, 1.165) is 36.5 Å². The van der Waals surface area contributed by atoms with E-state index in [1.54, 1.807) is 47.2 Å². The number of carbonyl (C=O) groups excluding carboxylic acids is 1. The number of hydrogen-bond acceptors (Lipinski definition) is 6. The quantitative estimate of drug-likeness (QED) is 0.138. The SMILES string of the molecule is C#C.C#CC.CC.CC(C)C.CN(C)C=O.CO/C(=C\CCC(C)C)CNC1=NS(=O)N=C1Nc1cccc(C)c1O. The number of phenols is 1. The average Bonchev–Trinajstić information content (AvgIpc) is 3.29. The molecule has 1 aromatic rings. The number of aryl methyl sites for hydroxylation is 1. The van der Waals surface area contributed by atoms with Gasteiger partial charge in [-0.2, -0.15) is 0 Å². The molecule has 0 saturated heterocycles. The predicted octanol–water partition coefficient (Wildman–Crippen LogP) is 6.34. The largest absolute Gasteiger partial charge is 0.505 e. The molecule has 1 unspecified atom stereocenters. The van der Waals surface area contributed by atoms with Crippen LogP contribution in [0.4, 0.5) is 5.69 Å². The molecule has 0 radical (unpaired) electrons. The highest BCUT2D eigenvalue weighted by molar-refractivity contribution is 7.83. The minimum atomic E-state index is -1.69. The van der Waals surface area contributed by atoms with Gasteiger partial charge in [0.05, 0.1) is 19.3 Å². The third kappa shape index (κ3) is 26.5. The fourth-order valence-electron chi connectivity index (χ4n) is 2.32. The van der Waals surface area contributed by atoms with E-state index < -0.39 is 11.2 Å². The van der Waals surface area contributed by atoms with Crippen molar-refractivity contribution < 1.29 is 18.8 Å². The Morgan fingerprint density at radius 1 is 1.14 bits per heavy atom. The lowest BCUT2D eigenvalue weighted by molar-refractivity contribution is -0.115. The molecule has 10 heteroatoms. The Kier molecular flexibility index (Phi) is 32.5. The Bertz CT molecular complexity index is 1020. The van der Waals surface area contributed by atoms with Gasteiger partial charge >= 0.3 is 0 Å². The van der Waals surface area contributed by atoms with Crippen molar-refractivity contribution in [2.45, 2.75) is 75.2 Å². The van der Waals surface area contributed by atoms with Gasteiger partial charge in [0.15, 0.2) is 11.7 Å². The number of terminal acetylenes is 2. The molecule has 1 aromatic carbocycles. The fourth-order valence-corrected chi connectivity index (χ4v) is 2.96. The third-order valence-corrected chi connectivity index (χ3v) is 4.75. The zero-order valence-corrected chi connectivity index (χ0v) is 28.6. The molecule has 238 valence electrons. The molecule has 9 nitrogen and oxygen atoms in total. The molecule has 1 aliphatic rings. The van der Waals surface area contributed by atoms with E-state index in [-0.39, 0.29) is 5.75 Å². The summed E-state index contributed by atoms with van der Waals surface area (Å²) in [6, 6.07) is 5.33. The second kappa shape index (κ2) is 30.2. The van der Waals surface area contributed by atoms with Crippen molar-refractivity contribution in [3.05, 3.63) is 35.6 Å². The van der Waals surface area contributed by atoms with Gasteiger partial charge in [-0.3, -0.25) is 4.79 Å². The molecule has 0 saturated carbocycles. The van der Waals surface area contributed by atoms with Crippen molar-refractivity contribution in [1.82, 2.24) is 10.2 Å². The van der Waals surface area contributed by atoms with Crippen LogP contribution in [-0.4, -0.2) is 60.0 Å². The fraction of sp³-hybridized carbons (Fsp3) is 0.531. The van der Waals surface area contributed by atoms with Gasteiger partial charge in [0.1, 0.15) is 11.5 Å². The van der Waals surface area contributed by atoms with Crippen LogP contribution in [0, 0.1) is 44.0 Å². The number of carbonyl (C=O) groups is 1. The minimum Gasteiger partial charge on any atom is -0.505 e. The zero-order valence-electron chi connectivity index (χ0n) is 27.8. The highest BCUT2D eigenvalue weighted by Gasteiger charge is 2.20. The molecule has 0 bridgehead atoms. The number of anilines is 1. The molecule has 0 spiro atoms. The first-order valence-corrected chi connectivity index (χ1v) is 14.8. The number of phenolic OH excluding ortho intramolecular Hbond substituents is 1. The number of ether oxygens (including phenoxy) is 1. The summed E-state index contributed by atoms with van der Waals surface area (Å²) in [5.41, 5.74) is 1.22. The Morgan fingerprint density at radius 3 is 2.05 bits per heavy atom. The van der Waals surface area contributed by atoms with Crippen molar-refractivity contribution in [1.29, 1.82) is 0 Å². The number of allylic oxidation sites excluding steroid dienone is 1. The van der Waals surface area contributed by atoms with Gasteiger partial charge in [-0.05, 0) is 56.2 Å². The monoisotopic (exact) mass is 605 g/mol. The van der Waals surface area contributed by atoms with E-state index in [9.17, 15) is 14.1 Å². The number of aromatic hydroxyl groups is 1. The summed E-state index contributed by atoms with van der Waals surface area (Å²) in [6.45, 7) is 18.7. The van der Waals surface area contributed by atoms with Crippen LogP contribution in [0.5, 0.6) is 5.75 Å². The van der Waals surface area contributed by atoms with Gasteiger partial charge in [0.2, 0.25) is 6.41 Å². The number of methoxy groups -OCH3 is 1. The molecule has 2 rings (SSSR count). The van der Waals surface area contributed by atoms with Crippen LogP contribution in [0.2, 0.25) is 0 Å². The Labute approximate surface area is 259 Å². The van der Waals surface area contributed by atoms with Crippen molar-refractivity contribution in [2.75, 3.05) is 33.1 Å². The van der Waals surface area contributed by atoms with E-state index in [4.69, 9.17) is 4.74 Å². The molecule has 1 heterocycles. The van der Waals surface area contributed by atoms with Gasteiger partial charge in [-0.1, -0.05) is 60.6 Å². The Morgan fingerprint density at radius 2 is 1.62 bits per heavy atom. The number of nitrogens with zero attached hydrogens (tertiary/aromatic N) is 3. The van der Waals surface area contributed by atoms with Crippen LogP contribution in [0.1, 0.15) is 73.8 Å². The van der Waals surface area contributed by atoms with Crippen LogP contribution < -0.4 is 10.6 Å². The molecule has 42 heavy (non-hydrogen) atoms. The van der Waals surface area contributed by atoms with Gasteiger partial charge in [0.25, 0.3) is 11.2 Å². The number of hydrogen-bond donors (Lipinski definition) is 3. The van der Waals surface area contributed by atoms with Gasteiger partial charge in [-0.15, -0.1) is 34.0 Å². The molecule has 0 fully saturated rings. The standard InChI is InChI=1S/C18H26N4O3S.C4H10.C3H7NO.C3H4.C2H6.C2H2/c1-12(2)7-5-9-14(25-4)11-19-17-18(22-26(24)21-17)20-15-10-6-8-13(3)16(15)23;1-4(2)3;1-4(2)3-5;1-3-2;2*1-2/h6,8-10,12,23H,5,7,11H2,1-4H3,(H,19,21)(H,20,22);4H,1-3H3;3H,1-2H3;1H,2H3;1-2H3;1-2H/b14-9-;;;;;. The highest BCUT2D eigenvalue weighted by atomic mass is 32.2. The van der Waals surface area contributed by atoms with Crippen molar-refractivity contribution in [3.8, 4) is 30.9 Å². The maximum absolute atomic E-state index is 11.7. The number of benzene rings is 1. The maximum Gasteiger partial charge on any atom is 0.269 e. The lowest BCUT2D eigenvalue weighted by Crippen LogP contribution is -2.35. The average molecular weight is 606 g/mol. The maximum atomic E-state index is 11.7. The van der Waals surface area contributed by atoms with Crippen molar-refractivity contribution in [3.63, 3.8) is 0 Å². The number of amidine groups is 2. The second-order valence-corrected chi connectivity index (χ2v) is 10.3. The van der Waals surface area contributed by atoms with Gasteiger partial charge in [-0.25, -0.2) is 4.21 Å². The second-order valence-electron chi connectivity index (χ2n) is 9.50. The number of para-hydroxylation sites is 1. The minimum absolute atomic E-state index is 0.124. The summed E-state index contributed by atoms with van der Waals surface area (Å²) >= 11 is -1.69. The Balaban J connectivity index is -0.000000375.